The highest BCUT2D eigenvalue weighted by atomic mass is 16.5. The molecule has 0 amide bonds. The maximum Gasteiger partial charge on any atom is 0.128 e. The van der Waals surface area contributed by atoms with Crippen molar-refractivity contribution in [1.29, 1.82) is 0 Å². The van der Waals surface area contributed by atoms with Gasteiger partial charge in [0.2, 0.25) is 0 Å². The van der Waals surface area contributed by atoms with E-state index in [4.69, 9.17) is 18.9 Å². The average molecular weight is 969 g/mol. The van der Waals surface area contributed by atoms with E-state index in [1.807, 2.05) is 0 Å². The van der Waals surface area contributed by atoms with Crippen molar-refractivity contribution in [1.82, 2.24) is 0 Å². The second-order valence-electron chi connectivity index (χ2n) is 22.3. The van der Waals surface area contributed by atoms with Gasteiger partial charge in [-0.05, 0) is 194 Å². The summed E-state index contributed by atoms with van der Waals surface area (Å²) in [4.78, 5) is 0. The SMILES string of the molecule is CCCCCC1CCC(c2ccc(OCCCCCCc3ccc4c5c(ccc4c3)OCCOc3ccc4cc(CCCCCCOc6ccc(C7CCC(CCCCC)CC7)cc6)ccc4c3-5)cc2)CC1. The van der Waals surface area contributed by atoms with Gasteiger partial charge in [-0.1, -0.05) is 164 Å². The molecular formula is C68H88O4. The Hall–Kier alpha value is -4.96. The number of hydrogen-bond donors (Lipinski definition) is 0. The van der Waals surface area contributed by atoms with Gasteiger partial charge in [-0.15, -0.1) is 0 Å². The van der Waals surface area contributed by atoms with E-state index >= 15 is 0 Å². The molecule has 0 saturated heterocycles. The van der Waals surface area contributed by atoms with E-state index in [1.54, 1.807) is 0 Å². The largest absolute Gasteiger partial charge is 0.494 e. The minimum Gasteiger partial charge on any atom is -0.494 e. The van der Waals surface area contributed by atoms with E-state index < -0.39 is 0 Å². The first-order valence-electron chi connectivity index (χ1n) is 29.4. The van der Waals surface area contributed by atoms with Gasteiger partial charge in [0.25, 0.3) is 0 Å². The molecule has 0 N–H and O–H groups in total. The van der Waals surface area contributed by atoms with Crippen molar-refractivity contribution in [3.63, 3.8) is 0 Å². The number of fused-ring (bicyclic) bond motifs is 7. The van der Waals surface area contributed by atoms with Crippen molar-refractivity contribution >= 4 is 21.5 Å². The van der Waals surface area contributed by atoms with Crippen LogP contribution in [0.15, 0.2) is 109 Å². The molecule has 0 bridgehead atoms. The number of rotatable bonds is 26. The molecular weight excluding hydrogens is 881 g/mol. The fourth-order valence-electron chi connectivity index (χ4n) is 12.6. The molecule has 3 aliphatic rings. The van der Waals surface area contributed by atoms with E-state index in [-0.39, 0.29) is 0 Å². The van der Waals surface area contributed by atoms with E-state index in [0.717, 1.165) is 96.7 Å². The van der Waals surface area contributed by atoms with Gasteiger partial charge in [-0.3, -0.25) is 0 Å². The van der Waals surface area contributed by atoms with E-state index in [9.17, 15) is 0 Å². The zero-order chi connectivity index (χ0) is 49.2. The van der Waals surface area contributed by atoms with Crippen molar-refractivity contribution < 1.29 is 18.9 Å². The third-order valence-corrected chi connectivity index (χ3v) is 17.0. The molecule has 4 nitrogen and oxygen atoms in total. The highest BCUT2D eigenvalue weighted by Crippen LogP contribution is 2.47. The fraction of sp³-hybridized carbons (Fsp3) is 0.529. The van der Waals surface area contributed by atoms with Crippen molar-refractivity contribution in [2.75, 3.05) is 26.4 Å². The Labute approximate surface area is 435 Å². The van der Waals surface area contributed by atoms with Crippen molar-refractivity contribution in [3.8, 4) is 34.1 Å². The standard InChI is InChI=1S/C68H88O4/c1-3-5-11-17-51-21-27-55(28-22-51)57-31-37-61(38-32-57)69-45-15-9-7-13-19-53-25-41-63-59(49-53)35-43-65-67(63)68-64-42-26-54(50-60(64)36-44-66(68)72-48-47-71-65)20-14-8-10-16-46-70-62-39-33-58(34-40-62)56-29-23-52(24-30-56)18-12-6-4-2/h25-26,31-44,49-52,55-56H,3-24,27-30,45-48H2,1-2H3. The first-order valence-corrected chi connectivity index (χ1v) is 29.4. The van der Waals surface area contributed by atoms with Crippen LogP contribution < -0.4 is 18.9 Å². The monoisotopic (exact) mass is 969 g/mol. The molecule has 0 radical (unpaired) electrons. The van der Waals surface area contributed by atoms with Crippen LogP contribution in [0.5, 0.6) is 23.0 Å². The van der Waals surface area contributed by atoms with Gasteiger partial charge in [-0.2, -0.15) is 0 Å². The zero-order valence-corrected chi connectivity index (χ0v) is 44.5. The van der Waals surface area contributed by atoms with Crippen LogP contribution in [0.3, 0.4) is 0 Å². The first kappa shape index (κ1) is 51.9. The van der Waals surface area contributed by atoms with Crippen LogP contribution in [0, 0.1) is 11.8 Å². The topological polar surface area (TPSA) is 36.9 Å². The summed E-state index contributed by atoms with van der Waals surface area (Å²) >= 11 is 0. The smallest absolute Gasteiger partial charge is 0.128 e. The van der Waals surface area contributed by atoms with Crippen LogP contribution >= 0.6 is 0 Å². The number of ether oxygens (including phenoxy) is 4. The molecule has 2 aliphatic carbocycles. The Bertz CT molecular complexity index is 2360. The normalized spacial score (nSPS) is 18.9. The Morgan fingerprint density at radius 3 is 1.24 bits per heavy atom. The van der Waals surface area contributed by atoms with Crippen molar-refractivity contribution in [2.45, 2.75) is 193 Å². The lowest BCUT2D eigenvalue weighted by Crippen LogP contribution is -2.13. The van der Waals surface area contributed by atoms with Crippen LogP contribution in [0.25, 0.3) is 32.7 Å². The van der Waals surface area contributed by atoms with E-state index in [1.165, 1.54) is 185 Å². The van der Waals surface area contributed by atoms with Crippen molar-refractivity contribution in [2.24, 2.45) is 11.8 Å². The summed E-state index contributed by atoms with van der Waals surface area (Å²) in [7, 11) is 0. The zero-order valence-electron chi connectivity index (χ0n) is 44.5. The summed E-state index contributed by atoms with van der Waals surface area (Å²) in [5.41, 5.74) is 8.11. The summed E-state index contributed by atoms with van der Waals surface area (Å²) in [6.45, 7) is 7.26. The molecule has 2 fully saturated rings. The third kappa shape index (κ3) is 14.4. The number of hydrogen-bond acceptors (Lipinski definition) is 4. The molecule has 9 rings (SSSR count). The lowest BCUT2D eigenvalue weighted by atomic mass is 9.77. The molecule has 384 valence electrons. The molecule has 6 aromatic rings. The van der Waals surface area contributed by atoms with E-state index in [2.05, 4.69) is 123 Å². The molecule has 0 atom stereocenters. The van der Waals surface area contributed by atoms with Crippen LogP contribution in [-0.4, -0.2) is 26.4 Å². The summed E-state index contributed by atoms with van der Waals surface area (Å²) in [6, 6.07) is 41.1. The van der Waals surface area contributed by atoms with Crippen LogP contribution in [-0.2, 0) is 12.8 Å². The molecule has 1 heterocycles. The summed E-state index contributed by atoms with van der Waals surface area (Å²) in [5.74, 6) is 7.30. The predicted molar refractivity (Wildman–Crippen MR) is 304 cm³/mol. The molecule has 0 unspecified atom stereocenters. The molecule has 2 saturated carbocycles. The Balaban J connectivity index is 0.709. The van der Waals surface area contributed by atoms with Gasteiger partial charge in [0.1, 0.15) is 36.2 Å². The second-order valence-corrected chi connectivity index (χ2v) is 22.3. The van der Waals surface area contributed by atoms with Gasteiger partial charge >= 0.3 is 0 Å². The summed E-state index contributed by atoms with van der Waals surface area (Å²) in [6.07, 6.45) is 33.7. The Morgan fingerprint density at radius 1 is 0.403 bits per heavy atom. The molecule has 0 spiro atoms. The summed E-state index contributed by atoms with van der Waals surface area (Å²) in [5, 5.41) is 4.96. The predicted octanol–water partition coefficient (Wildman–Crippen LogP) is 19.5. The van der Waals surface area contributed by atoms with Gasteiger partial charge in [0.15, 0.2) is 0 Å². The summed E-state index contributed by atoms with van der Waals surface area (Å²) < 4.78 is 25.2. The van der Waals surface area contributed by atoms with Crippen LogP contribution in [0.2, 0.25) is 0 Å². The van der Waals surface area contributed by atoms with Crippen LogP contribution in [0.1, 0.15) is 202 Å². The van der Waals surface area contributed by atoms with Gasteiger partial charge in [0.05, 0.1) is 13.2 Å². The average Bonchev–Trinajstić information content (AvgIpc) is 3.41. The minimum absolute atomic E-state index is 0.531. The molecule has 4 heteroatoms. The molecule has 6 aromatic carbocycles. The molecule has 1 aliphatic heterocycles. The Morgan fingerprint density at radius 2 is 0.819 bits per heavy atom. The molecule has 0 aromatic heterocycles. The maximum atomic E-state index is 6.40. The number of aryl methyl sites for hydroxylation is 2. The van der Waals surface area contributed by atoms with Gasteiger partial charge < -0.3 is 18.9 Å². The second kappa shape index (κ2) is 27.4. The third-order valence-electron chi connectivity index (χ3n) is 17.0. The highest BCUT2D eigenvalue weighted by Gasteiger charge is 2.25. The highest BCUT2D eigenvalue weighted by molar-refractivity contribution is 6.10. The fourth-order valence-corrected chi connectivity index (χ4v) is 12.6. The lowest BCUT2D eigenvalue weighted by molar-refractivity contribution is 0.215. The van der Waals surface area contributed by atoms with Crippen LogP contribution in [0.4, 0.5) is 0 Å². The minimum atomic E-state index is 0.531. The van der Waals surface area contributed by atoms with E-state index in [0.29, 0.717) is 13.2 Å². The maximum absolute atomic E-state index is 6.40. The number of unbranched alkanes of at least 4 members (excludes halogenated alkanes) is 10. The quantitative estimate of drug-likeness (QED) is 0.0508. The lowest BCUT2D eigenvalue weighted by Gasteiger charge is -2.29. The van der Waals surface area contributed by atoms with Gasteiger partial charge in [0, 0.05) is 11.1 Å². The molecule has 72 heavy (non-hydrogen) atoms. The Kier molecular flexibility index (Phi) is 19.7. The first-order chi connectivity index (χ1) is 35.6. The van der Waals surface area contributed by atoms with Gasteiger partial charge in [-0.25, -0.2) is 0 Å². The van der Waals surface area contributed by atoms with Crippen molar-refractivity contribution in [3.05, 3.63) is 131 Å². The number of benzene rings is 6.